The zero-order chi connectivity index (χ0) is 15.2. The highest BCUT2D eigenvalue weighted by Crippen LogP contribution is 2.22. The summed E-state index contributed by atoms with van der Waals surface area (Å²) < 4.78 is 0. The van der Waals surface area contributed by atoms with Gasteiger partial charge in [0, 0.05) is 0 Å². The Hall–Kier alpha value is -2.04. The van der Waals surface area contributed by atoms with Gasteiger partial charge >= 0.3 is 6.03 Å². The van der Waals surface area contributed by atoms with Crippen molar-refractivity contribution >= 4 is 23.3 Å². The highest BCUT2D eigenvalue weighted by Gasteiger charge is 2.14. The van der Waals surface area contributed by atoms with Gasteiger partial charge in [-0.25, -0.2) is 4.79 Å². The predicted molar refractivity (Wildman–Crippen MR) is 84.6 cm³/mol. The van der Waals surface area contributed by atoms with E-state index in [0.717, 1.165) is 11.1 Å². The Kier molecular flexibility index (Phi) is 5.20. The number of aryl methyl sites for hydroxylation is 1. The summed E-state index contributed by atoms with van der Waals surface area (Å²) in [5, 5.41) is 15.3. The van der Waals surface area contributed by atoms with Crippen LogP contribution in [-0.2, 0) is 0 Å². The van der Waals surface area contributed by atoms with Gasteiger partial charge < -0.3 is 15.7 Å². The minimum absolute atomic E-state index is 0.182. The molecule has 0 fully saturated rings. The summed E-state index contributed by atoms with van der Waals surface area (Å²) in [7, 11) is 0. The Morgan fingerprint density at radius 1 is 1.24 bits per heavy atom. The smallest absolute Gasteiger partial charge is 0.319 e. The van der Waals surface area contributed by atoms with E-state index >= 15 is 0 Å². The molecule has 1 atom stereocenters. The summed E-state index contributed by atoms with van der Waals surface area (Å²) in [6.45, 7) is 1.74. The molecule has 2 rings (SSSR count). The van der Waals surface area contributed by atoms with E-state index in [9.17, 15) is 9.90 Å². The second-order valence-corrected chi connectivity index (χ2v) is 5.13. The van der Waals surface area contributed by atoms with Crippen LogP contribution >= 0.6 is 11.6 Å². The molecule has 21 heavy (non-hydrogen) atoms. The Bertz CT molecular complexity index is 617. The lowest BCUT2D eigenvalue weighted by molar-refractivity contribution is 0.225. The number of aliphatic hydroxyl groups excluding tert-OH is 1. The molecule has 0 unspecified atom stereocenters. The number of hydrogen-bond donors (Lipinski definition) is 3. The maximum absolute atomic E-state index is 12.0. The molecule has 3 N–H and O–H groups in total. The molecular formula is C16H17ClN2O2. The standard InChI is InChI=1S/C16H17ClN2O2/c1-11-7-8-13(17)14(9-11)18-16(21)19-15(10-20)12-5-3-2-4-6-12/h2-9,15,20H,10H2,1H3,(H2,18,19,21)/t15-/m1/s1. The first-order chi connectivity index (χ1) is 10.1. The van der Waals surface area contributed by atoms with E-state index in [4.69, 9.17) is 11.6 Å². The molecule has 2 amide bonds. The number of aliphatic hydroxyl groups is 1. The van der Waals surface area contributed by atoms with Gasteiger partial charge in [-0.05, 0) is 30.2 Å². The lowest BCUT2D eigenvalue weighted by atomic mass is 10.1. The van der Waals surface area contributed by atoms with E-state index in [1.807, 2.05) is 43.3 Å². The third-order valence-corrected chi connectivity index (χ3v) is 3.39. The first-order valence-electron chi connectivity index (χ1n) is 6.59. The van der Waals surface area contributed by atoms with Crippen LogP contribution in [0.2, 0.25) is 5.02 Å². The molecule has 2 aromatic carbocycles. The highest BCUT2D eigenvalue weighted by atomic mass is 35.5. The van der Waals surface area contributed by atoms with E-state index in [-0.39, 0.29) is 6.61 Å². The predicted octanol–water partition coefficient (Wildman–Crippen LogP) is 3.50. The first kappa shape index (κ1) is 15.4. The fourth-order valence-electron chi connectivity index (χ4n) is 1.97. The molecule has 4 nitrogen and oxygen atoms in total. The van der Waals surface area contributed by atoms with Gasteiger partial charge in [-0.3, -0.25) is 0 Å². The van der Waals surface area contributed by atoms with Crippen LogP contribution in [-0.4, -0.2) is 17.7 Å². The van der Waals surface area contributed by atoms with Crippen molar-refractivity contribution in [2.45, 2.75) is 13.0 Å². The van der Waals surface area contributed by atoms with Crippen LogP contribution in [0.25, 0.3) is 0 Å². The third kappa shape index (κ3) is 4.21. The average Bonchev–Trinajstić information content (AvgIpc) is 2.49. The third-order valence-electron chi connectivity index (χ3n) is 3.06. The summed E-state index contributed by atoms with van der Waals surface area (Å²) in [6, 6.07) is 13.8. The molecule has 0 bridgehead atoms. The molecule has 0 aliphatic heterocycles. The van der Waals surface area contributed by atoms with Gasteiger partial charge in [-0.2, -0.15) is 0 Å². The van der Waals surface area contributed by atoms with Crippen LogP contribution in [0.3, 0.4) is 0 Å². The summed E-state index contributed by atoms with van der Waals surface area (Å²) in [5.74, 6) is 0. The molecule has 0 spiro atoms. The number of hydrogen-bond acceptors (Lipinski definition) is 2. The number of carbonyl (C=O) groups is 1. The van der Waals surface area contributed by atoms with E-state index in [0.29, 0.717) is 10.7 Å². The van der Waals surface area contributed by atoms with Gasteiger partial charge in [0.05, 0.1) is 23.4 Å². The average molecular weight is 305 g/mol. The molecule has 5 heteroatoms. The molecule has 0 saturated heterocycles. The maximum Gasteiger partial charge on any atom is 0.319 e. The Morgan fingerprint density at radius 3 is 2.62 bits per heavy atom. The van der Waals surface area contributed by atoms with Crippen LogP contribution in [0.15, 0.2) is 48.5 Å². The van der Waals surface area contributed by atoms with Gasteiger partial charge in [0.25, 0.3) is 0 Å². The van der Waals surface area contributed by atoms with Crippen molar-refractivity contribution in [1.29, 1.82) is 0 Å². The Labute approximate surface area is 128 Å². The van der Waals surface area contributed by atoms with Crippen LogP contribution in [0, 0.1) is 6.92 Å². The van der Waals surface area contributed by atoms with Gasteiger partial charge in [-0.1, -0.05) is 48.0 Å². The van der Waals surface area contributed by atoms with Crippen molar-refractivity contribution in [3.63, 3.8) is 0 Å². The molecule has 2 aromatic rings. The zero-order valence-corrected chi connectivity index (χ0v) is 12.4. The first-order valence-corrected chi connectivity index (χ1v) is 6.97. The normalized spacial score (nSPS) is 11.8. The lowest BCUT2D eigenvalue weighted by Gasteiger charge is -2.17. The number of anilines is 1. The van der Waals surface area contributed by atoms with Crippen LogP contribution in [0.5, 0.6) is 0 Å². The Morgan fingerprint density at radius 2 is 1.95 bits per heavy atom. The molecular weight excluding hydrogens is 288 g/mol. The van der Waals surface area contributed by atoms with E-state index < -0.39 is 12.1 Å². The number of benzene rings is 2. The quantitative estimate of drug-likeness (QED) is 0.809. The summed E-state index contributed by atoms with van der Waals surface area (Å²) >= 11 is 6.04. The second kappa shape index (κ2) is 7.11. The zero-order valence-electron chi connectivity index (χ0n) is 11.6. The largest absolute Gasteiger partial charge is 0.394 e. The van der Waals surface area contributed by atoms with E-state index in [1.165, 1.54) is 0 Å². The highest BCUT2D eigenvalue weighted by molar-refractivity contribution is 6.33. The van der Waals surface area contributed by atoms with E-state index in [1.54, 1.807) is 12.1 Å². The molecule has 0 aliphatic carbocycles. The second-order valence-electron chi connectivity index (χ2n) is 4.73. The number of rotatable bonds is 4. The SMILES string of the molecule is Cc1ccc(Cl)c(NC(=O)N[C@H](CO)c2ccccc2)c1. The van der Waals surface area contributed by atoms with Crippen molar-refractivity contribution in [2.24, 2.45) is 0 Å². The van der Waals surface area contributed by atoms with Crippen molar-refractivity contribution in [3.8, 4) is 0 Å². The lowest BCUT2D eigenvalue weighted by Crippen LogP contribution is -2.34. The summed E-state index contributed by atoms with van der Waals surface area (Å²) in [5.41, 5.74) is 2.38. The van der Waals surface area contributed by atoms with Gasteiger partial charge in [0.15, 0.2) is 0 Å². The summed E-state index contributed by atoms with van der Waals surface area (Å²) in [4.78, 5) is 12.0. The molecule has 0 saturated carbocycles. The van der Waals surface area contributed by atoms with Crippen LogP contribution < -0.4 is 10.6 Å². The van der Waals surface area contributed by atoms with Crippen molar-refractivity contribution in [1.82, 2.24) is 5.32 Å². The van der Waals surface area contributed by atoms with Gasteiger partial charge in [0.2, 0.25) is 0 Å². The molecule has 0 radical (unpaired) electrons. The monoisotopic (exact) mass is 304 g/mol. The van der Waals surface area contributed by atoms with Crippen LogP contribution in [0.4, 0.5) is 10.5 Å². The van der Waals surface area contributed by atoms with Crippen molar-refractivity contribution in [2.75, 3.05) is 11.9 Å². The Balaban J connectivity index is 2.05. The minimum atomic E-state index is -0.463. The number of halogens is 1. The van der Waals surface area contributed by atoms with Crippen molar-refractivity contribution in [3.05, 3.63) is 64.7 Å². The van der Waals surface area contributed by atoms with Gasteiger partial charge in [-0.15, -0.1) is 0 Å². The molecule has 0 aliphatic rings. The van der Waals surface area contributed by atoms with E-state index in [2.05, 4.69) is 10.6 Å². The number of nitrogens with one attached hydrogen (secondary N) is 2. The maximum atomic E-state index is 12.0. The number of urea groups is 1. The van der Waals surface area contributed by atoms with Crippen molar-refractivity contribution < 1.29 is 9.90 Å². The number of carbonyl (C=O) groups excluding carboxylic acids is 1. The fourth-order valence-corrected chi connectivity index (χ4v) is 2.14. The molecule has 110 valence electrons. The number of amides is 2. The van der Waals surface area contributed by atoms with Crippen LogP contribution in [0.1, 0.15) is 17.2 Å². The topological polar surface area (TPSA) is 61.4 Å². The minimum Gasteiger partial charge on any atom is -0.394 e. The molecule has 0 aromatic heterocycles. The molecule has 0 heterocycles. The van der Waals surface area contributed by atoms with Gasteiger partial charge in [0.1, 0.15) is 0 Å². The fraction of sp³-hybridized carbons (Fsp3) is 0.188. The summed E-state index contributed by atoms with van der Waals surface area (Å²) in [6.07, 6.45) is 0.